The highest BCUT2D eigenvalue weighted by Gasteiger charge is 2.36. The van der Waals surface area contributed by atoms with Crippen molar-refractivity contribution in [3.05, 3.63) is 35.4 Å². The first-order valence-corrected chi connectivity index (χ1v) is 6.71. The third kappa shape index (κ3) is 2.98. The van der Waals surface area contributed by atoms with Gasteiger partial charge in [-0.05, 0) is 12.1 Å². The summed E-state index contributed by atoms with van der Waals surface area (Å²) in [5.41, 5.74) is 0.607. The number of ether oxygens (including phenoxy) is 1. The van der Waals surface area contributed by atoms with E-state index in [9.17, 15) is 19.2 Å². The minimum absolute atomic E-state index is 0.0564. The fourth-order valence-electron chi connectivity index (χ4n) is 2.12. The van der Waals surface area contributed by atoms with Crippen molar-refractivity contribution in [2.45, 2.75) is 6.42 Å². The van der Waals surface area contributed by atoms with Crippen molar-refractivity contribution in [3.63, 3.8) is 0 Å². The lowest BCUT2D eigenvalue weighted by atomic mass is 10.1. The van der Waals surface area contributed by atoms with Crippen molar-refractivity contribution in [2.75, 3.05) is 27.2 Å². The van der Waals surface area contributed by atoms with E-state index in [1.165, 1.54) is 19.1 Å². The third-order valence-corrected chi connectivity index (χ3v) is 3.48. The number of likely N-dealkylation sites (N-methyl/N-ethyl adjacent to an activating group) is 1. The molecule has 1 aromatic rings. The largest absolute Gasteiger partial charge is 0.469 e. The second kappa shape index (κ2) is 6.38. The smallest absolute Gasteiger partial charge is 0.307 e. The SMILES string of the molecule is COC(=O)CCN(C)C(=O)CN1C(=O)c2ccccc2C1=O. The predicted molar refractivity (Wildman–Crippen MR) is 76.1 cm³/mol. The summed E-state index contributed by atoms with van der Waals surface area (Å²) in [6.45, 7) is -0.182. The van der Waals surface area contributed by atoms with Crippen LogP contribution < -0.4 is 0 Å². The maximum atomic E-state index is 12.1. The van der Waals surface area contributed by atoms with Gasteiger partial charge in [-0.1, -0.05) is 12.1 Å². The fraction of sp³-hybridized carbons (Fsp3) is 0.333. The van der Waals surface area contributed by atoms with Crippen molar-refractivity contribution in [1.29, 1.82) is 0 Å². The first-order chi connectivity index (χ1) is 10.5. The van der Waals surface area contributed by atoms with Gasteiger partial charge in [0.25, 0.3) is 11.8 Å². The van der Waals surface area contributed by atoms with Crippen LogP contribution in [0.15, 0.2) is 24.3 Å². The molecule has 1 aromatic carbocycles. The van der Waals surface area contributed by atoms with Crippen molar-refractivity contribution in [3.8, 4) is 0 Å². The summed E-state index contributed by atoms with van der Waals surface area (Å²) < 4.78 is 4.49. The molecule has 0 bridgehead atoms. The normalized spacial score (nSPS) is 13.1. The zero-order valence-electron chi connectivity index (χ0n) is 12.4. The number of esters is 1. The third-order valence-electron chi connectivity index (χ3n) is 3.48. The molecular formula is C15H16N2O5. The van der Waals surface area contributed by atoms with E-state index in [-0.39, 0.29) is 19.5 Å². The summed E-state index contributed by atoms with van der Waals surface area (Å²) >= 11 is 0. The molecule has 0 radical (unpaired) electrons. The second-order valence-corrected chi connectivity index (χ2v) is 4.88. The molecule has 0 unspecified atom stereocenters. The molecular weight excluding hydrogens is 288 g/mol. The van der Waals surface area contributed by atoms with Gasteiger partial charge >= 0.3 is 5.97 Å². The number of amides is 3. The molecule has 0 N–H and O–H groups in total. The van der Waals surface area contributed by atoms with Crippen LogP contribution in [0.2, 0.25) is 0 Å². The highest BCUT2D eigenvalue weighted by molar-refractivity contribution is 6.22. The molecule has 7 nitrogen and oxygen atoms in total. The Morgan fingerprint density at radius 1 is 1.14 bits per heavy atom. The average molecular weight is 304 g/mol. The highest BCUT2D eigenvalue weighted by Crippen LogP contribution is 2.22. The number of carbonyl (C=O) groups is 4. The molecule has 116 valence electrons. The molecule has 0 aliphatic carbocycles. The van der Waals surface area contributed by atoms with Crippen LogP contribution in [0.4, 0.5) is 0 Å². The number of carbonyl (C=O) groups excluding carboxylic acids is 4. The molecule has 0 saturated carbocycles. The van der Waals surface area contributed by atoms with E-state index in [4.69, 9.17) is 0 Å². The Kier molecular flexibility index (Phi) is 4.55. The number of hydrogen-bond acceptors (Lipinski definition) is 5. The van der Waals surface area contributed by atoms with Crippen molar-refractivity contribution < 1.29 is 23.9 Å². The fourth-order valence-corrected chi connectivity index (χ4v) is 2.12. The first-order valence-electron chi connectivity index (χ1n) is 6.71. The van der Waals surface area contributed by atoms with Crippen molar-refractivity contribution in [2.24, 2.45) is 0 Å². The molecule has 1 heterocycles. The molecule has 0 fully saturated rings. The highest BCUT2D eigenvalue weighted by atomic mass is 16.5. The Hall–Kier alpha value is -2.70. The van der Waals surface area contributed by atoms with Gasteiger partial charge in [-0.15, -0.1) is 0 Å². The summed E-state index contributed by atoms with van der Waals surface area (Å²) in [6.07, 6.45) is 0.0564. The van der Waals surface area contributed by atoms with Crippen LogP contribution in [0, 0.1) is 0 Å². The van der Waals surface area contributed by atoms with E-state index in [0.29, 0.717) is 11.1 Å². The van der Waals surface area contributed by atoms with E-state index in [1.807, 2.05) is 0 Å². The lowest BCUT2D eigenvalue weighted by Crippen LogP contribution is -2.41. The van der Waals surface area contributed by atoms with Crippen LogP contribution in [-0.2, 0) is 14.3 Å². The topological polar surface area (TPSA) is 84.0 Å². The number of benzene rings is 1. The predicted octanol–water partition coefficient (Wildman–Crippen LogP) is 0.304. The van der Waals surface area contributed by atoms with E-state index in [0.717, 1.165) is 4.90 Å². The second-order valence-electron chi connectivity index (χ2n) is 4.88. The van der Waals surface area contributed by atoms with Gasteiger partial charge in [-0.3, -0.25) is 24.1 Å². The molecule has 0 spiro atoms. The Bertz CT molecular complexity index is 606. The average Bonchev–Trinajstić information content (AvgIpc) is 2.77. The molecule has 1 aliphatic heterocycles. The zero-order valence-corrected chi connectivity index (χ0v) is 12.4. The summed E-state index contributed by atoms with van der Waals surface area (Å²) in [5.74, 6) is -1.80. The van der Waals surface area contributed by atoms with Crippen LogP contribution >= 0.6 is 0 Å². The molecule has 7 heteroatoms. The van der Waals surface area contributed by atoms with Gasteiger partial charge < -0.3 is 9.64 Å². The van der Waals surface area contributed by atoms with Gasteiger partial charge in [0.05, 0.1) is 24.7 Å². The molecule has 22 heavy (non-hydrogen) atoms. The quantitative estimate of drug-likeness (QED) is 0.577. The Labute approximate surface area is 127 Å². The van der Waals surface area contributed by atoms with Crippen molar-refractivity contribution >= 4 is 23.7 Å². The summed E-state index contributed by atoms with van der Waals surface area (Å²) in [7, 11) is 2.77. The molecule has 2 rings (SSSR count). The lowest BCUT2D eigenvalue weighted by Gasteiger charge is -2.20. The molecule has 3 amide bonds. The number of fused-ring (bicyclic) bond motifs is 1. The maximum Gasteiger partial charge on any atom is 0.307 e. The zero-order chi connectivity index (χ0) is 16.3. The van der Waals surface area contributed by atoms with E-state index in [1.54, 1.807) is 24.3 Å². The van der Waals surface area contributed by atoms with Crippen LogP contribution in [0.3, 0.4) is 0 Å². The monoisotopic (exact) mass is 304 g/mol. The number of methoxy groups -OCH3 is 1. The lowest BCUT2D eigenvalue weighted by molar-refractivity contribution is -0.141. The van der Waals surface area contributed by atoms with E-state index in [2.05, 4.69) is 4.74 Å². The van der Waals surface area contributed by atoms with Crippen molar-refractivity contribution in [1.82, 2.24) is 9.80 Å². The number of rotatable bonds is 5. The standard InChI is InChI=1S/C15H16N2O5/c1-16(8-7-13(19)22-2)12(18)9-17-14(20)10-5-3-4-6-11(10)15(17)21/h3-6H,7-9H2,1-2H3. The molecule has 0 saturated heterocycles. The van der Waals surface area contributed by atoms with Gasteiger partial charge in [-0.25, -0.2) is 0 Å². The Morgan fingerprint density at radius 2 is 1.68 bits per heavy atom. The van der Waals surface area contributed by atoms with Crippen LogP contribution in [0.1, 0.15) is 27.1 Å². The summed E-state index contributed by atoms with van der Waals surface area (Å²) in [5, 5.41) is 0. The Morgan fingerprint density at radius 3 is 2.18 bits per heavy atom. The Balaban J connectivity index is 2.00. The molecule has 0 aromatic heterocycles. The minimum Gasteiger partial charge on any atom is -0.469 e. The molecule has 0 atom stereocenters. The van der Waals surface area contributed by atoms with Gasteiger partial charge in [0.2, 0.25) is 5.91 Å². The van der Waals surface area contributed by atoms with Crippen LogP contribution in [0.25, 0.3) is 0 Å². The summed E-state index contributed by atoms with van der Waals surface area (Å²) in [6, 6.07) is 6.44. The van der Waals surface area contributed by atoms with Gasteiger partial charge in [0, 0.05) is 13.6 Å². The number of nitrogens with zero attached hydrogens (tertiary/aromatic N) is 2. The molecule has 1 aliphatic rings. The van der Waals surface area contributed by atoms with Gasteiger partial charge in [0.1, 0.15) is 6.54 Å². The number of hydrogen-bond donors (Lipinski definition) is 0. The van der Waals surface area contributed by atoms with Crippen LogP contribution in [-0.4, -0.2) is 60.7 Å². The van der Waals surface area contributed by atoms with Gasteiger partial charge in [-0.2, -0.15) is 0 Å². The van der Waals surface area contributed by atoms with Crippen LogP contribution in [0.5, 0.6) is 0 Å². The number of imide groups is 1. The van der Waals surface area contributed by atoms with E-state index >= 15 is 0 Å². The van der Waals surface area contributed by atoms with Gasteiger partial charge in [0.15, 0.2) is 0 Å². The maximum absolute atomic E-state index is 12.1. The summed E-state index contributed by atoms with van der Waals surface area (Å²) in [4.78, 5) is 49.6. The minimum atomic E-state index is -0.477. The van der Waals surface area contributed by atoms with E-state index < -0.39 is 23.7 Å². The first kappa shape index (κ1) is 15.7.